The third-order valence-corrected chi connectivity index (χ3v) is 6.56. The van der Waals surface area contributed by atoms with E-state index >= 15 is 0 Å². The first-order chi connectivity index (χ1) is 9.40. The lowest BCUT2D eigenvalue weighted by molar-refractivity contribution is 0.225. The van der Waals surface area contributed by atoms with Crippen LogP contribution in [0.1, 0.15) is 51.4 Å². The Kier molecular flexibility index (Phi) is 10.0. The molecule has 0 spiro atoms. The van der Waals surface area contributed by atoms with Crippen LogP contribution in [0, 0.1) is 0 Å². The second-order valence-electron chi connectivity index (χ2n) is 6.68. The first-order valence-corrected chi connectivity index (χ1v) is 9.44. The number of halogens is 2. The molecule has 3 aliphatic rings. The van der Waals surface area contributed by atoms with Gasteiger partial charge in [-0.1, -0.05) is 12.8 Å². The van der Waals surface area contributed by atoms with Gasteiger partial charge in [-0.2, -0.15) is 11.8 Å². The Labute approximate surface area is 147 Å². The Morgan fingerprint density at radius 3 is 1.38 bits per heavy atom. The first kappa shape index (κ1) is 19.9. The van der Waals surface area contributed by atoms with Crippen LogP contribution < -0.4 is 0 Å². The standard InChI is InChI=1S/C16H30N2S.2ClH/c1-3-9-17(10-4-1)13-15-7-8-16(19-15)14-18-11-5-2-6-12-18;;/h15-16H,1-14H2;2*1H. The second kappa shape index (κ2) is 10.6. The Morgan fingerprint density at radius 1 is 0.619 bits per heavy atom. The van der Waals surface area contributed by atoms with Crippen LogP contribution in [0.25, 0.3) is 0 Å². The maximum absolute atomic E-state index is 2.73. The Hall–Kier alpha value is 0.850. The van der Waals surface area contributed by atoms with Crippen molar-refractivity contribution in [2.75, 3.05) is 39.3 Å². The van der Waals surface area contributed by atoms with Crippen LogP contribution in [-0.2, 0) is 0 Å². The quantitative estimate of drug-likeness (QED) is 0.751. The van der Waals surface area contributed by atoms with Crippen LogP contribution in [0.4, 0.5) is 0 Å². The zero-order valence-electron chi connectivity index (χ0n) is 13.2. The van der Waals surface area contributed by atoms with Crippen LogP contribution in [0.15, 0.2) is 0 Å². The van der Waals surface area contributed by atoms with Gasteiger partial charge in [-0.25, -0.2) is 0 Å². The van der Waals surface area contributed by atoms with E-state index in [9.17, 15) is 0 Å². The Balaban J connectivity index is 0.00000110. The number of rotatable bonds is 4. The summed E-state index contributed by atoms with van der Waals surface area (Å²) in [5.41, 5.74) is 0. The first-order valence-electron chi connectivity index (χ1n) is 8.50. The van der Waals surface area contributed by atoms with Crippen molar-refractivity contribution < 1.29 is 0 Å². The number of piperidine rings is 2. The molecular weight excluding hydrogens is 323 g/mol. The molecule has 0 aromatic heterocycles. The molecule has 0 bridgehead atoms. The highest BCUT2D eigenvalue weighted by atomic mass is 35.5. The summed E-state index contributed by atoms with van der Waals surface area (Å²) in [5.74, 6) is 0. The number of nitrogens with zero attached hydrogens (tertiary/aromatic N) is 2. The van der Waals surface area contributed by atoms with Crippen molar-refractivity contribution >= 4 is 36.6 Å². The van der Waals surface area contributed by atoms with E-state index in [0.29, 0.717) is 0 Å². The van der Waals surface area contributed by atoms with Crippen LogP contribution in [0.2, 0.25) is 0 Å². The number of thioether (sulfide) groups is 1. The number of likely N-dealkylation sites (tertiary alicyclic amines) is 2. The third-order valence-electron chi connectivity index (χ3n) is 5.02. The molecule has 3 aliphatic heterocycles. The molecule has 126 valence electrons. The summed E-state index contributed by atoms with van der Waals surface area (Å²) in [6.07, 6.45) is 11.6. The highest BCUT2D eigenvalue weighted by molar-refractivity contribution is 8.00. The molecule has 0 saturated carbocycles. The van der Waals surface area contributed by atoms with E-state index in [1.165, 1.54) is 90.6 Å². The maximum atomic E-state index is 2.73. The molecule has 3 fully saturated rings. The van der Waals surface area contributed by atoms with Crippen molar-refractivity contribution in [1.29, 1.82) is 0 Å². The van der Waals surface area contributed by atoms with E-state index in [-0.39, 0.29) is 24.8 Å². The van der Waals surface area contributed by atoms with Gasteiger partial charge in [0, 0.05) is 23.6 Å². The average molecular weight is 355 g/mol. The predicted molar refractivity (Wildman–Crippen MR) is 99.5 cm³/mol. The highest BCUT2D eigenvalue weighted by Crippen LogP contribution is 2.35. The van der Waals surface area contributed by atoms with Gasteiger partial charge >= 0.3 is 0 Å². The summed E-state index contributed by atoms with van der Waals surface area (Å²) in [5, 5.41) is 1.88. The van der Waals surface area contributed by atoms with E-state index in [0.717, 1.165) is 10.5 Å². The van der Waals surface area contributed by atoms with Gasteiger partial charge < -0.3 is 9.80 Å². The average Bonchev–Trinajstić information content (AvgIpc) is 2.88. The van der Waals surface area contributed by atoms with Gasteiger partial charge in [-0.15, -0.1) is 24.8 Å². The van der Waals surface area contributed by atoms with Gasteiger partial charge in [-0.05, 0) is 64.7 Å². The molecule has 0 radical (unpaired) electrons. The van der Waals surface area contributed by atoms with Crippen molar-refractivity contribution in [2.45, 2.75) is 61.9 Å². The van der Waals surface area contributed by atoms with Gasteiger partial charge in [0.2, 0.25) is 0 Å². The fourth-order valence-corrected chi connectivity index (χ4v) is 5.59. The van der Waals surface area contributed by atoms with Crippen LogP contribution in [-0.4, -0.2) is 59.6 Å². The summed E-state index contributed by atoms with van der Waals surface area (Å²) < 4.78 is 0. The van der Waals surface area contributed by atoms with Crippen LogP contribution >= 0.6 is 36.6 Å². The molecule has 3 saturated heterocycles. The highest BCUT2D eigenvalue weighted by Gasteiger charge is 2.28. The minimum atomic E-state index is 0. The zero-order valence-corrected chi connectivity index (χ0v) is 15.6. The molecule has 0 N–H and O–H groups in total. The molecule has 5 heteroatoms. The zero-order chi connectivity index (χ0) is 12.9. The van der Waals surface area contributed by atoms with E-state index in [4.69, 9.17) is 0 Å². The van der Waals surface area contributed by atoms with Crippen molar-refractivity contribution in [3.63, 3.8) is 0 Å². The lowest BCUT2D eigenvalue weighted by Crippen LogP contribution is -2.35. The lowest BCUT2D eigenvalue weighted by Gasteiger charge is -2.30. The normalized spacial score (nSPS) is 31.4. The monoisotopic (exact) mass is 354 g/mol. The number of hydrogen-bond donors (Lipinski definition) is 0. The molecule has 21 heavy (non-hydrogen) atoms. The molecule has 2 atom stereocenters. The summed E-state index contributed by atoms with van der Waals surface area (Å²) in [6, 6.07) is 0. The minimum absolute atomic E-state index is 0. The van der Waals surface area contributed by atoms with Gasteiger partial charge in [-0.3, -0.25) is 0 Å². The summed E-state index contributed by atoms with van der Waals surface area (Å²) in [4.78, 5) is 5.45. The third kappa shape index (κ3) is 6.47. The van der Waals surface area contributed by atoms with Crippen molar-refractivity contribution in [1.82, 2.24) is 9.80 Å². The molecule has 2 unspecified atom stereocenters. The van der Waals surface area contributed by atoms with Gasteiger partial charge in [0.15, 0.2) is 0 Å². The van der Waals surface area contributed by atoms with E-state index in [1.54, 1.807) is 0 Å². The second-order valence-corrected chi connectivity index (χ2v) is 8.29. The van der Waals surface area contributed by atoms with Gasteiger partial charge in [0.25, 0.3) is 0 Å². The molecule has 0 aromatic carbocycles. The molecule has 0 aliphatic carbocycles. The molecule has 3 heterocycles. The molecule has 2 nitrogen and oxygen atoms in total. The SMILES string of the molecule is C1CCN(CC2CCC(CN3CCCCC3)S2)CC1.Cl.Cl. The fourth-order valence-electron chi connectivity index (χ4n) is 3.91. The smallest absolute Gasteiger partial charge is 0.0178 e. The molecule has 3 rings (SSSR count). The van der Waals surface area contributed by atoms with Crippen LogP contribution in [0.3, 0.4) is 0 Å². The maximum Gasteiger partial charge on any atom is 0.0178 e. The lowest BCUT2D eigenvalue weighted by atomic mass is 10.1. The Morgan fingerprint density at radius 2 is 1.00 bits per heavy atom. The number of hydrogen-bond acceptors (Lipinski definition) is 3. The minimum Gasteiger partial charge on any atom is -0.302 e. The van der Waals surface area contributed by atoms with E-state index < -0.39 is 0 Å². The van der Waals surface area contributed by atoms with Crippen molar-refractivity contribution in [3.8, 4) is 0 Å². The van der Waals surface area contributed by atoms with Crippen LogP contribution in [0.5, 0.6) is 0 Å². The molecule has 0 aromatic rings. The van der Waals surface area contributed by atoms with Gasteiger partial charge in [0.1, 0.15) is 0 Å². The Bertz CT molecular complexity index is 243. The van der Waals surface area contributed by atoms with E-state index in [2.05, 4.69) is 21.6 Å². The largest absolute Gasteiger partial charge is 0.302 e. The molecular formula is C16H32Cl2N2S. The summed E-state index contributed by atoms with van der Waals surface area (Å²) >= 11 is 2.31. The summed E-state index contributed by atoms with van der Waals surface area (Å²) in [6.45, 7) is 8.23. The van der Waals surface area contributed by atoms with Crippen molar-refractivity contribution in [3.05, 3.63) is 0 Å². The van der Waals surface area contributed by atoms with E-state index in [1.807, 2.05) is 0 Å². The molecule has 0 amide bonds. The fraction of sp³-hybridized carbons (Fsp3) is 1.00. The van der Waals surface area contributed by atoms with Gasteiger partial charge in [0.05, 0.1) is 0 Å². The topological polar surface area (TPSA) is 6.48 Å². The predicted octanol–water partition coefficient (Wildman–Crippen LogP) is 4.07. The summed E-state index contributed by atoms with van der Waals surface area (Å²) in [7, 11) is 0. The van der Waals surface area contributed by atoms with Crippen molar-refractivity contribution in [2.24, 2.45) is 0 Å².